The molecular weight excluding hydrogens is 505 g/mol. The van der Waals surface area contributed by atoms with Crippen molar-refractivity contribution in [1.82, 2.24) is 9.80 Å². The van der Waals surface area contributed by atoms with Crippen LogP contribution in [0.25, 0.3) is 0 Å². The molecule has 5 fully saturated rings. The highest BCUT2D eigenvalue weighted by molar-refractivity contribution is 5.95. The molecule has 2 aromatic rings. The summed E-state index contributed by atoms with van der Waals surface area (Å²) in [4.78, 5) is 18.3. The summed E-state index contributed by atoms with van der Waals surface area (Å²) in [7, 11) is 1.70. The second kappa shape index (κ2) is 8.00. The Morgan fingerprint density at radius 3 is 2.74 bits per heavy atom. The molecule has 0 N–H and O–H groups in total. The van der Waals surface area contributed by atoms with Crippen molar-refractivity contribution in [2.45, 2.75) is 73.9 Å². The summed E-state index contributed by atoms with van der Waals surface area (Å²) in [6.45, 7) is 2.58. The predicted octanol–water partition coefficient (Wildman–Crippen LogP) is 5.06. The van der Waals surface area contributed by atoms with Crippen molar-refractivity contribution >= 4 is 5.91 Å². The Labute approximate surface area is 226 Å². The number of hydrogen-bond donors (Lipinski definition) is 0. The molecule has 39 heavy (non-hydrogen) atoms. The van der Waals surface area contributed by atoms with Gasteiger partial charge in [-0.05, 0) is 92.4 Å². The average Bonchev–Trinajstić information content (AvgIpc) is 3.62. The van der Waals surface area contributed by atoms with Crippen LogP contribution in [0.4, 0.5) is 13.2 Å². The fourth-order valence-electron chi connectivity index (χ4n) is 9.37. The van der Waals surface area contributed by atoms with Gasteiger partial charge in [0.15, 0.2) is 0 Å². The third-order valence-corrected chi connectivity index (χ3v) is 11.0. The summed E-state index contributed by atoms with van der Waals surface area (Å²) >= 11 is 0. The van der Waals surface area contributed by atoms with E-state index in [1.54, 1.807) is 7.11 Å². The topological polar surface area (TPSA) is 42.0 Å². The van der Waals surface area contributed by atoms with Gasteiger partial charge in [-0.15, -0.1) is 0 Å². The Bertz CT molecular complexity index is 1360. The number of carbonyl (C=O) groups is 1. The normalized spacial score (nSPS) is 36.5. The first kappa shape index (κ1) is 24.2. The molecule has 3 aliphatic heterocycles. The molecule has 8 heteroatoms. The lowest BCUT2D eigenvalue weighted by Crippen LogP contribution is -2.74. The highest BCUT2D eigenvalue weighted by Gasteiger charge is 2.78. The summed E-state index contributed by atoms with van der Waals surface area (Å²) < 4.78 is 53.2. The van der Waals surface area contributed by atoms with Gasteiger partial charge >= 0.3 is 6.18 Å². The molecule has 4 bridgehead atoms. The van der Waals surface area contributed by atoms with E-state index in [0.717, 1.165) is 62.6 Å². The number of hydrogen-bond acceptors (Lipinski definition) is 4. The van der Waals surface area contributed by atoms with Crippen LogP contribution >= 0.6 is 0 Å². The first-order valence-corrected chi connectivity index (χ1v) is 14.3. The summed E-state index contributed by atoms with van der Waals surface area (Å²) in [5.74, 6) is 1.44. The lowest BCUT2D eigenvalue weighted by molar-refractivity contribution is -0.171. The molecule has 6 atom stereocenters. The minimum Gasteiger partial charge on any atom is -0.497 e. The fraction of sp³-hybridized carbons (Fsp3) is 0.581. The number of alkyl halides is 3. The molecule has 1 amide bonds. The highest BCUT2D eigenvalue weighted by Crippen LogP contribution is 2.70. The van der Waals surface area contributed by atoms with E-state index in [1.807, 2.05) is 4.90 Å². The molecular formula is C31H33F3N2O3. The first-order valence-electron chi connectivity index (χ1n) is 14.3. The van der Waals surface area contributed by atoms with E-state index in [1.165, 1.54) is 36.1 Å². The number of amides is 1. The molecule has 0 radical (unpaired) electrons. The summed E-state index contributed by atoms with van der Waals surface area (Å²) in [5.41, 5.74) is 1.46. The second-order valence-corrected chi connectivity index (χ2v) is 12.6. The maximum atomic E-state index is 13.8. The van der Waals surface area contributed by atoms with E-state index in [2.05, 4.69) is 23.1 Å². The zero-order valence-corrected chi connectivity index (χ0v) is 22.0. The van der Waals surface area contributed by atoms with E-state index < -0.39 is 11.7 Å². The zero-order chi connectivity index (χ0) is 26.7. The Balaban J connectivity index is 1.21. The van der Waals surface area contributed by atoms with Crippen molar-refractivity contribution in [1.29, 1.82) is 0 Å². The van der Waals surface area contributed by atoms with Gasteiger partial charge in [0.25, 0.3) is 5.91 Å². The van der Waals surface area contributed by atoms with Gasteiger partial charge in [0.2, 0.25) is 0 Å². The number of halogens is 3. The summed E-state index contributed by atoms with van der Waals surface area (Å²) in [6.07, 6.45) is 1.64. The van der Waals surface area contributed by atoms with Crippen LogP contribution in [0.3, 0.4) is 0 Å². The van der Waals surface area contributed by atoms with Crippen molar-refractivity contribution in [3.63, 3.8) is 0 Å². The maximum Gasteiger partial charge on any atom is 0.416 e. The summed E-state index contributed by atoms with van der Waals surface area (Å²) in [6, 6.07) is 11.6. The minimum atomic E-state index is -4.49. The molecule has 3 aliphatic carbocycles. The molecule has 3 heterocycles. The van der Waals surface area contributed by atoms with Gasteiger partial charge in [-0.1, -0.05) is 12.1 Å². The molecule has 3 saturated heterocycles. The first-order chi connectivity index (χ1) is 18.7. The Kier molecular flexibility index (Phi) is 4.97. The number of rotatable bonds is 4. The molecule has 0 aromatic heterocycles. The largest absolute Gasteiger partial charge is 0.497 e. The van der Waals surface area contributed by atoms with Gasteiger partial charge in [-0.25, -0.2) is 0 Å². The van der Waals surface area contributed by atoms with Crippen molar-refractivity contribution in [3.8, 4) is 5.75 Å². The number of likely N-dealkylation sites (tertiary alicyclic amines) is 2. The van der Waals surface area contributed by atoms with Crippen LogP contribution < -0.4 is 4.74 Å². The summed E-state index contributed by atoms with van der Waals surface area (Å²) in [5, 5.41) is 0. The number of fused-ring (bicyclic) bond motifs is 1. The van der Waals surface area contributed by atoms with Crippen LogP contribution in [0.2, 0.25) is 0 Å². The standard InChI is InChI=1S/C31H33F3N2O3/c1-38-22-8-7-19-14-26-30-10-9-24-27(29(30,23(19)15-22)11-12-35(26)16-18-5-6-18)25(39-30)17-36(24)28(37)20-3-2-4-21(13-20)31(32,33)34/h2-4,7-8,13,15,18,24-27H,5-6,9-12,14,16-17H2,1H3/t24?,25-,26?,27?,29?,30?/m1/s1. The van der Waals surface area contributed by atoms with Crippen LogP contribution in [0, 0.1) is 11.8 Å². The van der Waals surface area contributed by atoms with Crippen LogP contribution in [0.15, 0.2) is 42.5 Å². The van der Waals surface area contributed by atoms with E-state index in [0.29, 0.717) is 12.6 Å². The maximum absolute atomic E-state index is 13.8. The molecule has 2 saturated carbocycles. The smallest absolute Gasteiger partial charge is 0.416 e. The molecule has 0 spiro atoms. The van der Waals surface area contributed by atoms with E-state index in [4.69, 9.17) is 9.47 Å². The SMILES string of the molecule is COc1ccc2c(c1)C13CCN(CC4CC4)C(C2)C12CCC1C3[C@@H](CN1C(=O)c1cccc(C(F)(F)F)c1)O2. The molecule has 8 rings (SSSR count). The number of benzene rings is 2. The average molecular weight is 539 g/mol. The van der Waals surface area contributed by atoms with E-state index in [-0.39, 0.29) is 40.6 Å². The lowest BCUT2D eigenvalue weighted by Gasteiger charge is -2.64. The molecule has 206 valence electrons. The molecule has 2 aromatic carbocycles. The monoisotopic (exact) mass is 538 g/mol. The van der Waals surface area contributed by atoms with Gasteiger partial charge < -0.3 is 14.4 Å². The van der Waals surface area contributed by atoms with E-state index >= 15 is 0 Å². The highest BCUT2D eigenvalue weighted by atomic mass is 19.4. The second-order valence-electron chi connectivity index (χ2n) is 12.6. The van der Waals surface area contributed by atoms with Crippen LogP contribution in [0.1, 0.15) is 59.2 Å². The van der Waals surface area contributed by atoms with Gasteiger partial charge in [-0.2, -0.15) is 13.2 Å². The number of ether oxygens (including phenoxy) is 2. The van der Waals surface area contributed by atoms with Gasteiger partial charge in [0.1, 0.15) is 5.75 Å². The number of methoxy groups -OCH3 is 1. The molecule has 5 unspecified atom stereocenters. The number of piperidine rings is 1. The van der Waals surface area contributed by atoms with Crippen LogP contribution in [-0.2, 0) is 22.7 Å². The van der Waals surface area contributed by atoms with E-state index in [9.17, 15) is 18.0 Å². The minimum absolute atomic E-state index is 0.0551. The van der Waals surface area contributed by atoms with Gasteiger partial charge in [0, 0.05) is 42.1 Å². The fourth-order valence-corrected chi connectivity index (χ4v) is 9.37. The lowest BCUT2D eigenvalue weighted by atomic mass is 9.46. The Hall–Kier alpha value is -2.58. The predicted molar refractivity (Wildman–Crippen MR) is 138 cm³/mol. The quantitative estimate of drug-likeness (QED) is 0.546. The number of nitrogens with zero attached hydrogens (tertiary/aromatic N) is 2. The van der Waals surface area contributed by atoms with Crippen molar-refractivity contribution in [2.75, 3.05) is 26.7 Å². The van der Waals surface area contributed by atoms with Crippen molar-refractivity contribution in [2.24, 2.45) is 11.8 Å². The van der Waals surface area contributed by atoms with Crippen molar-refractivity contribution in [3.05, 3.63) is 64.7 Å². The van der Waals surface area contributed by atoms with Crippen LogP contribution in [-0.4, -0.2) is 66.2 Å². The van der Waals surface area contributed by atoms with Gasteiger partial charge in [0.05, 0.1) is 24.4 Å². The molecule has 5 nitrogen and oxygen atoms in total. The third-order valence-electron chi connectivity index (χ3n) is 11.0. The number of carbonyl (C=O) groups excluding carboxylic acids is 1. The third kappa shape index (κ3) is 3.19. The Morgan fingerprint density at radius 1 is 1.13 bits per heavy atom. The Morgan fingerprint density at radius 2 is 1.97 bits per heavy atom. The van der Waals surface area contributed by atoms with Crippen molar-refractivity contribution < 1.29 is 27.4 Å². The zero-order valence-electron chi connectivity index (χ0n) is 22.0. The van der Waals surface area contributed by atoms with Crippen LogP contribution in [0.5, 0.6) is 5.75 Å². The van der Waals surface area contributed by atoms with Gasteiger partial charge in [-0.3, -0.25) is 9.69 Å². The molecule has 6 aliphatic rings.